The maximum Gasteiger partial charge on any atom is 0.244 e. The molecule has 0 saturated carbocycles. The summed E-state index contributed by atoms with van der Waals surface area (Å²) in [5.41, 5.74) is 0.674. The van der Waals surface area contributed by atoms with Crippen LogP contribution in [0.2, 0.25) is 0 Å². The second kappa shape index (κ2) is 10.6. The molecule has 1 heterocycles. The number of likely N-dealkylation sites (N-methyl/N-ethyl adjacent to an activating group) is 1. The first-order valence-electron chi connectivity index (χ1n) is 8.40. The van der Waals surface area contributed by atoms with Crippen LogP contribution in [-0.4, -0.2) is 52.3 Å². The van der Waals surface area contributed by atoms with Gasteiger partial charge in [0.05, 0.1) is 18.0 Å². The number of benzene rings is 1. The largest absolute Gasteiger partial charge is 0.358 e. The van der Waals surface area contributed by atoms with E-state index in [1.165, 1.54) is 28.0 Å². The van der Waals surface area contributed by atoms with Crippen LogP contribution in [0.4, 0.5) is 10.8 Å². The van der Waals surface area contributed by atoms with Crippen molar-refractivity contribution in [1.29, 1.82) is 0 Å². The first-order valence-corrected chi connectivity index (χ1v) is 11.0. The molecule has 2 amide bonds. The van der Waals surface area contributed by atoms with Crippen LogP contribution < -0.4 is 10.6 Å². The quantitative estimate of drug-likeness (QED) is 0.542. The molecule has 2 aromatic rings. The number of amides is 2. The fraction of sp³-hybridized carbons (Fsp3) is 0.412. The van der Waals surface area contributed by atoms with Gasteiger partial charge < -0.3 is 15.5 Å². The highest BCUT2D eigenvalue weighted by atomic mass is 79.9. The number of anilines is 2. The van der Waals surface area contributed by atoms with Crippen molar-refractivity contribution in [3.63, 3.8) is 0 Å². The van der Waals surface area contributed by atoms with Gasteiger partial charge in [-0.1, -0.05) is 42.2 Å². The van der Waals surface area contributed by atoms with Gasteiger partial charge in [0, 0.05) is 17.6 Å². The number of carbonyl (C=O) groups is 2. The Labute approximate surface area is 175 Å². The molecular formula is C17H22BrN5O2S2. The minimum Gasteiger partial charge on any atom is -0.358 e. The maximum absolute atomic E-state index is 12.3. The monoisotopic (exact) mass is 471 g/mol. The molecule has 1 aromatic carbocycles. The van der Waals surface area contributed by atoms with Gasteiger partial charge in [-0.15, -0.1) is 10.2 Å². The predicted molar refractivity (Wildman–Crippen MR) is 114 cm³/mol. The second-order valence-electron chi connectivity index (χ2n) is 5.89. The van der Waals surface area contributed by atoms with Crippen molar-refractivity contribution >= 4 is 61.7 Å². The van der Waals surface area contributed by atoms with Crippen LogP contribution in [0.5, 0.6) is 0 Å². The lowest BCUT2D eigenvalue weighted by Crippen LogP contribution is -2.36. The van der Waals surface area contributed by atoms with Crippen LogP contribution >= 0.6 is 39.0 Å². The van der Waals surface area contributed by atoms with Gasteiger partial charge in [0.1, 0.15) is 0 Å². The summed E-state index contributed by atoms with van der Waals surface area (Å²) in [7, 11) is 1.61. The summed E-state index contributed by atoms with van der Waals surface area (Å²) in [4.78, 5) is 25.8. The molecule has 146 valence electrons. The fourth-order valence-electron chi connectivity index (χ4n) is 1.93. The number of hydrogen-bond acceptors (Lipinski definition) is 7. The molecule has 10 heteroatoms. The van der Waals surface area contributed by atoms with Crippen LogP contribution in [0.1, 0.15) is 20.3 Å². The SMILES string of the molecule is CC[C@H](C)Nc1nnc(SCC(=O)N(C)CC(=O)Nc2ccccc2Br)s1. The van der Waals surface area contributed by atoms with Gasteiger partial charge in [-0.05, 0) is 41.4 Å². The van der Waals surface area contributed by atoms with E-state index in [1.54, 1.807) is 13.1 Å². The zero-order chi connectivity index (χ0) is 19.8. The third-order valence-corrected chi connectivity index (χ3v) is 6.33. The molecule has 27 heavy (non-hydrogen) atoms. The smallest absolute Gasteiger partial charge is 0.244 e. The summed E-state index contributed by atoms with van der Waals surface area (Å²) >= 11 is 6.12. The molecule has 7 nitrogen and oxygen atoms in total. The summed E-state index contributed by atoms with van der Waals surface area (Å²) in [5, 5.41) is 14.9. The molecule has 0 saturated heterocycles. The summed E-state index contributed by atoms with van der Waals surface area (Å²) in [6.45, 7) is 4.15. The number of thioether (sulfide) groups is 1. The lowest BCUT2D eigenvalue weighted by atomic mass is 10.3. The number of halogens is 1. The van der Waals surface area contributed by atoms with Gasteiger partial charge in [-0.25, -0.2) is 0 Å². The first kappa shape index (κ1) is 21.6. The van der Waals surface area contributed by atoms with Gasteiger partial charge in [-0.3, -0.25) is 9.59 Å². The zero-order valence-corrected chi connectivity index (χ0v) is 18.6. The van der Waals surface area contributed by atoms with Crippen molar-refractivity contribution in [2.75, 3.05) is 30.0 Å². The molecule has 2 rings (SSSR count). The normalized spacial score (nSPS) is 11.7. The average Bonchev–Trinajstić information content (AvgIpc) is 3.08. The predicted octanol–water partition coefficient (Wildman–Crippen LogP) is 3.70. The Morgan fingerprint density at radius 2 is 2.07 bits per heavy atom. The van der Waals surface area contributed by atoms with Crippen LogP contribution in [0.15, 0.2) is 33.1 Å². The zero-order valence-electron chi connectivity index (χ0n) is 15.4. The molecule has 0 fully saturated rings. The van der Waals surface area contributed by atoms with E-state index >= 15 is 0 Å². The van der Waals surface area contributed by atoms with E-state index in [1.807, 2.05) is 18.2 Å². The minimum absolute atomic E-state index is 0.0162. The Kier molecular flexibility index (Phi) is 8.52. The van der Waals surface area contributed by atoms with Crippen LogP contribution in [0, 0.1) is 0 Å². The Morgan fingerprint density at radius 1 is 1.33 bits per heavy atom. The molecule has 0 unspecified atom stereocenters. The van der Waals surface area contributed by atoms with Gasteiger partial charge in [0.15, 0.2) is 4.34 Å². The Morgan fingerprint density at radius 3 is 2.78 bits per heavy atom. The number of rotatable bonds is 9. The van der Waals surface area contributed by atoms with Crippen molar-refractivity contribution in [2.24, 2.45) is 0 Å². The topological polar surface area (TPSA) is 87.2 Å². The summed E-state index contributed by atoms with van der Waals surface area (Å²) in [6, 6.07) is 7.65. The third kappa shape index (κ3) is 7.11. The Balaban J connectivity index is 1.78. The second-order valence-corrected chi connectivity index (χ2v) is 8.95. The van der Waals surface area contributed by atoms with Crippen molar-refractivity contribution < 1.29 is 9.59 Å². The van der Waals surface area contributed by atoms with E-state index in [0.29, 0.717) is 11.7 Å². The Hall–Kier alpha value is -1.65. The molecule has 0 aliphatic carbocycles. The molecular weight excluding hydrogens is 450 g/mol. The van der Waals surface area contributed by atoms with E-state index in [0.717, 1.165) is 20.4 Å². The number of nitrogens with one attached hydrogen (secondary N) is 2. The van der Waals surface area contributed by atoms with Crippen LogP contribution in [0.25, 0.3) is 0 Å². The standard InChI is InChI=1S/C17H22BrN5O2S2/c1-4-11(2)19-16-21-22-17(27-16)26-10-15(25)23(3)9-14(24)20-13-8-6-5-7-12(13)18/h5-8,11H,4,9-10H2,1-3H3,(H,19,21)(H,20,24)/t11-/m0/s1. The van der Waals surface area contributed by atoms with Crippen LogP contribution in [-0.2, 0) is 9.59 Å². The lowest BCUT2D eigenvalue weighted by molar-refractivity contribution is -0.131. The van der Waals surface area contributed by atoms with Crippen molar-refractivity contribution in [3.05, 3.63) is 28.7 Å². The molecule has 0 radical (unpaired) electrons. The van der Waals surface area contributed by atoms with Gasteiger partial charge >= 0.3 is 0 Å². The summed E-state index contributed by atoms with van der Waals surface area (Å²) < 4.78 is 1.51. The summed E-state index contributed by atoms with van der Waals surface area (Å²) in [6.07, 6.45) is 0.993. The van der Waals surface area contributed by atoms with Crippen LogP contribution in [0.3, 0.4) is 0 Å². The number of carbonyl (C=O) groups excluding carboxylic acids is 2. The van der Waals surface area contributed by atoms with Crippen molar-refractivity contribution in [1.82, 2.24) is 15.1 Å². The van der Waals surface area contributed by atoms with E-state index in [4.69, 9.17) is 0 Å². The molecule has 0 aliphatic rings. The third-order valence-electron chi connectivity index (χ3n) is 3.66. The van der Waals surface area contributed by atoms with Crippen molar-refractivity contribution in [3.8, 4) is 0 Å². The first-order chi connectivity index (χ1) is 12.9. The van der Waals surface area contributed by atoms with E-state index in [9.17, 15) is 9.59 Å². The minimum atomic E-state index is -0.251. The lowest BCUT2D eigenvalue weighted by Gasteiger charge is -2.16. The highest BCUT2D eigenvalue weighted by Gasteiger charge is 2.15. The molecule has 1 aromatic heterocycles. The van der Waals surface area contributed by atoms with Gasteiger partial charge in [-0.2, -0.15) is 0 Å². The van der Waals surface area contributed by atoms with Gasteiger partial charge in [0.25, 0.3) is 0 Å². The number of nitrogens with zero attached hydrogens (tertiary/aromatic N) is 3. The fourth-order valence-corrected chi connectivity index (χ4v) is 4.12. The van der Waals surface area contributed by atoms with Gasteiger partial charge in [0.2, 0.25) is 16.9 Å². The molecule has 0 spiro atoms. The Bertz CT molecular complexity index is 786. The number of hydrogen-bond donors (Lipinski definition) is 2. The van der Waals surface area contributed by atoms with E-state index in [2.05, 4.69) is 50.6 Å². The maximum atomic E-state index is 12.3. The molecule has 2 N–H and O–H groups in total. The summed E-state index contributed by atoms with van der Waals surface area (Å²) in [5.74, 6) is -0.191. The highest BCUT2D eigenvalue weighted by molar-refractivity contribution is 9.10. The number of aromatic nitrogens is 2. The highest BCUT2D eigenvalue weighted by Crippen LogP contribution is 2.26. The van der Waals surface area contributed by atoms with E-state index < -0.39 is 0 Å². The van der Waals surface area contributed by atoms with E-state index in [-0.39, 0.29) is 24.1 Å². The number of para-hydroxylation sites is 1. The average molecular weight is 472 g/mol. The molecule has 1 atom stereocenters. The molecule has 0 aliphatic heterocycles. The molecule has 0 bridgehead atoms. The van der Waals surface area contributed by atoms with Crippen molar-refractivity contribution in [2.45, 2.75) is 30.6 Å².